The van der Waals surface area contributed by atoms with Crippen molar-refractivity contribution in [2.45, 2.75) is 52.5 Å². The lowest BCUT2D eigenvalue weighted by molar-refractivity contribution is 0.177. The summed E-state index contributed by atoms with van der Waals surface area (Å²) in [7, 11) is 0. The number of aryl methyl sites for hydroxylation is 2. The summed E-state index contributed by atoms with van der Waals surface area (Å²) in [5.41, 5.74) is 10.3. The number of hydrogen-bond acceptors (Lipinski definition) is 2. The molecule has 1 aliphatic heterocycles. The van der Waals surface area contributed by atoms with Gasteiger partial charge in [-0.25, -0.2) is 0 Å². The van der Waals surface area contributed by atoms with E-state index in [0.717, 1.165) is 18.9 Å². The molecule has 1 fully saturated rings. The van der Waals surface area contributed by atoms with Gasteiger partial charge in [0.25, 0.3) is 0 Å². The zero-order valence-electron chi connectivity index (χ0n) is 13.4. The molecule has 2 rings (SSSR count). The molecule has 1 atom stereocenters. The van der Waals surface area contributed by atoms with Crippen LogP contribution in [-0.2, 0) is 0 Å². The van der Waals surface area contributed by atoms with Crippen molar-refractivity contribution >= 4 is 0 Å². The summed E-state index contributed by atoms with van der Waals surface area (Å²) in [5, 5.41) is 0. The lowest BCUT2D eigenvalue weighted by atomic mass is 9.94. The van der Waals surface area contributed by atoms with Crippen molar-refractivity contribution in [1.82, 2.24) is 4.90 Å². The van der Waals surface area contributed by atoms with Gasteiger partial charge in [-0.05, 0) is 64.2 Å². The predicted octanol–water partition coefficient (Wildman–Crippen LogP) is 3.82. The van der Waals surface area contributed by atoms with E-state index >= 15 is 0 Å². The van der Waals surface area contributed by atoms with Gasteiger partial charge in [0.05, 0.1) is 0 Å². The first kappa shape index (κ1) is 15.5. The molecule has 1 aromatic rings. The minimum atomic E-state index is 0.178. The molecule has 0 bridgehead atoms. The second-order valence-electron chi connectivity index (χ2n) is 6.51. The van der Waals surface area contributed by atoms with Crippen LogP contribution in [0.3, 0.4) is 0 Å². The van der Waals surface area contributed by atoms with Crippen LogP contribution in [0.25, 0.3) is 0 Å². The highest BCUT2D eigenvalue weighted by Gasteiger charge is 2.18. The fourth-order valence-corrected chi connectivity index (χ4v) is 3.33. The van der Waals surface area contributed by atoms with Gasteiger partial charge < -0.3 is 10.6 Å². The third-order valence-corrected chi connectivity index (χ3v) is 4.71. The maximum Gasteiger partial charge on any atom is 0.0307 e. The first-order chi connectivity index (χ1) is 9.58. The molecule has 0 spiro atoms. The van der Waals surface area contributed by atoms with E-state index in [4.69, 9.17) is 5.73 Å². The summed E-state index contributed by atoms with van der Waals surface area (Å²) < 4.78 is 0. The third-order valence-electron chi connectivity index (χ3n) is 4.71. The average Bonchev–Trinajstić information content (AvgIpc) is 2.44. The number of benzene rings is 1. The summed E-state index contributed by atoms with van der Waals surface area (Å²) in [6.45, 7) is 10.3. The van der Waals surface area contributed by atoms with Crippen molar-refractivity contribution in [2.75, 3.05) is 19.6 Å². The van der Waals surface area contributed by atoms with Gasteiger partial charge in [0.15, 0.2) is 0 Å². The van der Waals surface area contributed by atoms with Gasteiger partial charge in [-0.1, -0.05) is 42.7 Å². The van der Waals surface area contributed by atoms with Gasteiger partial charge in [-0.3, -0.25) is 0 Å². The number of nitrogens with zero attached hydrogens (tertiary/aromatic N) is 1. The number of rotatable bonds is 5. The maximum atomic E-state index is 6.38. The van der Waals surface area contributed by atoms with E-state index in [1.165, 1.54) is 49.0 Å². The van der Waals surface area contributed by atoms with Crippen LogP contribution in [0.1, 0.15) is 55.3 Å². The second kappa shape index (κ2) is 7.24. The van der Waals surface area contributed by atoms with Gasteiger partial charge >= 0.3 is 0 Å². The van der Waals surface area contributed by atoms with Gasteiger partial charge in [0.2, 0.25) is 0 Å². The zero-order chi connectivity index (χ0) is 14.5. The van der Waals surface area contributed by atoms with Gasteiger partial charge in [-0.2, -0.15) is 0 Å². The maximum absolute atomic E-state index is 6.38. The Labute approximate surface area is 124 Å². The summed E-state index contributed by atoms with van der Waals surface area (Å²) in [6.07, 6.45) is 5.15. The number of likely N-dealkylation sites (tertiary alicyclic amines) is 1. The minimum absolute atomic E-state index is 0.178. The van der Waals surface area contributed by atoms with Crippen LogP contribution in [0.5, 0.6) is 0 Å². The monoisotopic (exact) mass is 274 g/mol. The molecule has 2 heteroatoms. The van der Waals surface area contributed by atoms with E-state index in [0.29, 0.717) is 0 Å². The van der Waals surface area contributed by atoms with Crippen LogP contribution in [0, 0.1) is 19.8 Å². The fourth-order valence-electron chi connectivity index (χ4n) is 3.33. The first-order valence-electron chi connectivity index (χ1n) is 8.14. The van der Waals surface area contributed by atoms with Crippen LogP contribution in [-0.4, -0.2) is 24.5 Å². The van der Waals surface area contributed by atoms with E-state index in [1.807, 2.05) is 0 Å². The summed E-state index contributed by atoms with van der Waals surface area (Å²) in [5.74, 6) is 0.958. The van der Waals surface area contributed by atoms with E-state index in [2.05, 4.69) is 43.9 Å². The fraction of sp³-hybridized carbons (Fsp3) is 0.667. The van der Waals surface area contributed by atoms with Crippen LogP contribution in [0.15, 0.2) is 18.2 Å². The predicted molar refractivity (Wildman–Crippen MR) is 86.9 cm³/mol. The molecule has 0 amide bonds. The molecule has 0 radical (unpaired) electrons. The first-order valence-corrected chi connectivity index (χ1v) is 8.14. The summed E-state index contributed by atoms with van der Waals surface area (Å²) in [6, 6.07) is 6.87. The Bertz CT molecular complexity index is 399. The van der Waals surface area contributed by atoms with Crippen molar-refractivity contribution in [3.8, 4) is 0 Å². The highest BCUT2D eigenvalue weighted by Crippen LogP contribution is 2.22. The molecule has 1 aromatic carbocycles. The summed E-state index contributed by atoms with van der Waals surface area (Å²) in [4.78, 5) is 2.59. The SMILES string of the molecule is CCC1CCN(CCC(N)c2cc(C)cc(C)c2)CC1. The number of nitrogens with two attached hydrogens (primary N) is 1. The topological polar surface area (TPSA) is 29.3 Å². The van der Waals surface area contributed by atoms with Crippen LogP contribution in [0.4, 0.5) is 0 Å². The molecular formula is C18H30N2. The molecule has 0 aromatic heterocycles. The standard InChI is InChI=1S/C18H30N2/c1-4-16-5-8-20(9-6-16)10-7-18(19)17-12-14(2)11-15(3)13-17/h11-13,16,18H,4-10,19H2,1-3H3. The molecule has 1 heterocycles. The Balaban J connectivity index is 1.81. The van der Waals surface area contributed by atoms with E-state index in [9.17, 15) is 0 Å². The smallest absolute Gasteiger partial charge is 0.0307 e. The normalized spacial score (nSPS) is 19.2. The lowest BCUT2D eigenvalue weighted by Crippen LogP contribution is -2.35. The van der Waals surface area contributed by atoms with E-state index < -0.39 is 0 Å². The molecule has 1 aliphatic rings. The van der Waals surface area contributed by atoms with Crippen LogP contribution < -0.4 is 5.73 Å². The van der Waals surface area contributed by atoms with Crippen molar-refractivity contribution in [1.29, 1.82) is 0 Å². The molecule has 112 valence electrons. The average molecular weight is 274 g/mol. The Morgan fingerprint density at radius 1 is 1.15 bits per heavy atom. The second-order valence-corrected chi connectivity index (χ2v) is 6.51. The van der Waals surface area contributed by atoms with Gasteiger partial charge in [0, 0.05) is 6.04 Å². The molecule has 2 nitrogen and oxygen atoms in total. The third kappa shape index (κ3) is 4.32. The summed E-state index contributed by atoms with van der Waals surface area (Å²) >= 11 is 0. The highest BCUT2D eigenvalue weighted by molar-refractivity contribution is 5.30. The highest BCUT2D eigenvalue weighted by atomic mass is 15.1. The van der Waals surface area contributed by atoms with E-state index in [-0.39, 0.29) is 6.04 Å². The Kier molecular flexibility index (Phi) is 5.62. The zero-order valence-corrected chi connectivity index (χ0v) is 13.4. The Morgan fingerprint density at radius 3 is 2.30 bits per heavy atom. The van der Waals surface area contributed by atoms with Gasteiger partial charge in [0.1, 0.15) is 0 Å². The van der Waals surface area contributed by atoms with Gasteiger partial charge in [-0.15, -0.1) is 0 Å². The number of piperidine rings is 1. The molecule has 1 unspecified atom stereocenters. The minimum Gasteiger partial charge on any atom is -0.324 e. The lowest BCUT2D eigenvalue weighted by Gasteiger charge is -2.32. The number of hydrogen-bond donors (Lipinski definition) is 1. The molecule has 1 saturated heterocycles. The molecule has 0 saturated carbocycles. The molecule has 20 heavy (non-hydrogen) atoms. The van der Waals surface area contributed by atoms with Crippen LogP contribution >= 0.6 is 0 Å². The Hall–Kier alpha value is -0.860. The van der Waals surface area contributed by atoms with Crippen molar-refractivity contribution in [3.63, 3.8) is 0 Å². The van der Waals surface area contributed by atoms with Crippen molar-refractivity contribution in [3.05, 3.63) is 34.9 Å². The molecule has 0 aliphatic carbocycles. The van der Waals surface area contributed by atoms with Crippen LogP contribution in [0.2, 0.25) is 0 Å². The largest absolute Gasteiger partial charge is 0.324 e. The van der Waals surface area contributed by atoms with E-state index in [1.54, 1.807) is 0 Å². The Morgan fingerprint density at radius 2 is 1.75 bits per heavy atom. The van der Waals surface area contributed by atoms with Crippen molar-refractivity contribution in [2.24, 2.45) is 11.7 Å². The molecular weight excluding hydrogens is 244 g/mol. The molecule has 2 N–H and O–H groups in total. The van der Waals surface area contributed by atoms with Crippen molar-refractivity contribution < 1.29 is 0 Å². The quantitative estimate of drug-likeness (QED) is 0.884.